The van der Waals surface area contributed by atoms with Crippen LogP contribution in [-0.4, -0.2) is 37.1 Å². The number of hydrogen-bond donors (Lipinski definition) is 0. The van der Waals surface area contributed by atoms with Crippen molar-refractivity contribution in [3.05, 3.63) is 28.2 Å². The minimum Gasteiger partial charge on any atom is -0.369 e. The Balaban J connectivity index is 1.78. The monoisotopic (exact) mass is 294 g/mol. The van der Waals surface area contributed by atoms with Gasteiger partial charge in [-0.05, 0) is 44.0 Å². The summed E-state index contributed by atoms with van der Waals surface area (Å²) >= 11 is 3.63. The van der Waals surface area contributed by atoms with Crippen LogP contribution in [0.5, 0.6) is 0 Å². The predicted molar refractivity (Wildman–Crippen MR) is 75.7 cm³/mol. The van der Waals surface area contributed by atoms with E-state index in [1.165, 1.54) is 54.7 Å². The number of anilines is 1. The number of benzene rings is 1. The van der Waals surface area contributed by atoms with Gasteiger partial charge in [-0.25, -0.2) is 0 Å². The molecule has 3 rings (SSSR count). The Morgan fingerprint density at radius 3 is 2.94 bits per heavy atom. The maximum Gasteiger partial charge on any atom is 0.0378 e. The highest BCUT2D eigenvalue weighted by atomic mass is 79.9. The summed E-state index contributed by atoms with van der Waals surface area (Å²) in [5.41, 5.74) is 2.68. The van der Waals surface area contributed by atoms with Crippen molar-refractivity contribution in [2.45, 2.75) is 25.8 Å². The summed E-state index contributed by atoms with van der Waals surface area (Å²) in [6.45, 7) is 7.07. The van der Waals surface area contributed by atoms with Gasteiger partial charge in [0.05, 0.1) is 0 Å². The molecule has 0 aliphatic carbocycles. The fourth-order valence-electron chi connectivity index (χ4n) is 3.00. The Morgan fingerprint density at radius 1 is 1.24 bits per heavy atom. The van der Waals surface area contributed by atoms with Gasteiger partial charge < -0.3 is 4.90 Å². The molecule has 1 unspecified atom stereocenters. The zero-order valence-electron chi connectivity index (χ0n) is 10.3. The van der Waals surface area contributed by atoms with E-state index in [1.54, 1.807) is 0 Å². The van der Waals surface area contributed by atoms with Crippen LogP contribution in [-0.2, 0) is 0 Å². The largest absolute Gasteiger partial charge is 0.369 e. The molecule has 0 N–H and O–H groups in total. The highest BCUT2D eigenvalue weighted by Crippen LogP contribution is 2.28. The third kappa shape index (κ3) is 2.23. The molecule has 2 aliphatic rings. The first-order valence-electron chi connectivity index (χ1n) is 6.49. The zero-order valence-corrected chi connectivity index (χ0v) is 11.9. The molecular weight excluding hydrogens is 276 g/mol. The maximum atomic E-state index is 3.63. The molecule has 0 radical (unpaired) electrons. The molecular formula is C14H19BrN2. The van der Waals surface area contributed by atoms with E-state index in [9.17, 15) is 0 Å². The van der Waals surface area contributed by atoms with Crippen molar-refractivity contribution < 1.29 is 0 Å². The quantitative estimate of drug-likeness (QED) is 0.786. The third-order valence-corrected chi connectivity index (χ3v) is 4.96. The van der Waals surface area contributed by atoms with Crippen molar-refractivity contribution in [2.75, 3.05) is 31.1 Å². The lowest BCUT2D eigenvalue weighted by molar-refractivity contribution is 0.231. The topological polar surface area (TPSA) is 6.48 Å². The molecule has 2 saturated heterocycles. The molecule has 92 valence electrons. The number of piperazine rings is 1. The third-order valence-electron chi connectivity index (χ3n) is 4.11. The SMILES string of the molecule is Cc1ccc(N2CCN3CCCC3C2)cc1Br. The van der Waals surface area contributed by atoms with Crippen molar-refractivity contribution in [2.24, 2.45) is 0 Å². The highest BCUT2D eigenvalue weighted by molar-refractivity contribution is 9.10. The van der Waals surface area contributed by atoms with Crippen LogP contribution in [0, 0.1) is 6.92 Å². The summed E-state index contributed by atoms with van der Waals surface area (Å²) in [4.78, 5) is 5.19. The van der Waals surface area contributed by atoms with Crippen LogP contribution in [0.2, 0.25) is 0 Å². The van der Waals surface area contributed by atoms with Crippen molar-refractivity contribution in [1.29, 1.82) is 0 Å². The Bertz CT molecular complexity index is 419. The van der Waals surface area contributed by atoms with E-state index in [2.05, 4.69) is 50.9 Å². The lowest BCUT2D eigenvalue weighted by Crippen LogP contribution is -2.50. The lowest BCUT2D eigenvalue weighted by atomic mass is 10.1. The Morgan fingerprint density at radius 2 is 2.12 bits per heavy atom. The normalized spacial score (nSPS) is 25.1. The molecule has 1 atom stereocenters. The lowest BCUT2D eigenvalue weighted by Gasteiger charge is -2.39. The van der Waals surface area contributed by atoms with E-state index >= 15 is 0 Å². The molecule has 0 amide bonds. The van der Waals surface area contributed by atoms with Crippen LogP contribution in [0.1, 0.15) is 18.4 Å². The molecule has 1 aromatic carbocycles. The van der Waals surface area contributed by atoms with Gasteiger partial charge in [-0.3, -0.25) is 4.90 Å². The number of rotatable bonds is 1. The van der Waals surface area contributed by atoms with Gasteiger partial charge in [0.1, 0.15) is 0 Å². The molecule has 0 spiro atoms. The molecule has 2 fully saturated rings. The van der Waals surface area contributed by atoms with Gasteiger partial charge in [-0.1, -0.05) is 22.0 Å². The van der Waals surface area contributed by atoms with Crippen LogP contribution in [0.4, 0.5) is 5.69 Å². The fraction of sp³-hybridized carbons (Fsp3) is 0.571. The summed E-state index contributed by atoms with van der Waals surface area (Å²) in [5, 5.41) is 0. The summed E-state index contributed by atoms with van der Waals surface area (Å²) in [6, 6.07) is 7.52. The van der Waals surface area contributed by atoms with E-state index in [4.69, 9.17) is 0 Å². The van der Waals surface area contributed by atoms with Gasteiger partial charge in [0.2, 0.25) is 0 Å². The molecule has 0 saturated carbocycles. The van der Waals surface area contributed by atoms with E-state index in [-0.39, 0.29) is 0 Å². The van der Waals surface area contributed by atoms with Gasteiger partial charge >= 0.3 is 0 Å². The van der Waals surface area contributed by atoms with Crippen molar-refractivity contribution in [3.8, 4) is 0 Å². The minimum absolute atomic E-state index is 0.795. The Labute approximate surface area is 112 Å². The van der Waals surface area contributed by atoms with Crippen LogP contribution in [0.25, 0.3) is 0 Å². The first kappa shape index (κ1) is 11.5. The predicted octanol–water partition coefficient (Wildman–Crippen LogP) is 3.04. The van der Waals surface area contributed by atoms with Crippen molar-refractivity contribution in [3.63, 3.8) is 0 Å². The number of fused-ring (bicyclic) bond motifs is 1. The summed E-state index contributed by atoms with van der Waals surface area (Å²) < 4.78 is 1.23. The van der Waals surface area contributed by atoms with Gasteiger partial charge in [-0.2, -0.15) is 0 Å². The maximum absolute atomic E-state index is 3.63. The first-order valence-corrected chi connectivity index (χ1v) is 7.28. The fourth-order valence-corrected chi connectivity index (χ4v) is 3.37. The molecule has 0 bridgehead atoms. The highest BCUT2D eigenvalue weighted by Gasteiger charge is 2.30. The summed E-state index contributed by atoms with van der Waals surface area (Å²) in [5.74, 6) is 0. The van der Waals surface area contributed by atoms with E-state index < -0.39 is 0 Å². The summed E-state index contributed by atoms with van der Waals surface area (Å²) in [7, 11) is 0. The van der Waals surface area contributed by atoms with Crippen LogP contribution in [0.15, 0.2) is 22.7 Å². The molecule has 2 heterocycles. The smallest absolute Gasteiger partial charge is 0.0378 e. The molecule has 2 aliphatic heterocycles. The number of halogens is 1. The molecule has 2 nitrogen and oxygen atoms in total. The van der Waals surface area contributed by atoms with Gasteiger partial charge in [0.25, 0.3) is 0 Å². The zero-order chi connectivity index (χ0) is 11.8. The van der Waals surface area contributed by atoms with Crippen LogP contribution < -0.4 is 4.90 Å². The average molecular weight is 295 g/mol. The van der Waals surface area contributed by atoms with Gasteiger partial charge in [0.15, 0.2) is 0 Å². The second-order valence-electron chi connectivity index (χ2n) is 5.21. The van der Waals surface area contributed by atoms with Gasteiger partial charge in [0, 0.05) is 35.8 Å². The standard InChI is InChI=1S/C14H19BrN2/c1-11-4-5-12(9-14(11)15)17-8-7-16-6-2-3-13(16)10-17/h4-5,9,13H,2-3,6-8,10H2,1H3. The summed E-state index contributed by atoms with van der Waals surface area (Å²) in [6.07, 6.45) is 2.76. The number of hydrogen-bond acceptors (Lipinski definition) is 2. The van der Waals surface area contributed by atoms with E-state index in [0.29, 0.717) is 0 Å². The second-order valence-corrected chi connectivity index (χ2v) is 6.07. The van der Waals surface area contributed by atoms with Crippen LogP contribution >= 0.6 is 15.9 Å². The van der Waals surface area contributed by atoms with Crippen LogP contribution in [0.3, 0.4) is 0 Å². The van der Waals surface area contributed by atoms with E-state index in [1.807, 2.05) is 0 Å². The molecule has 3 heteroatoms. The average Bonchev–Trinajstić information content (AvgIpc) is 2.79. The molecule has 1 aromatic rings. The van der Waals surface area contributed by atoms with Gasteiger partial charge in [-0.15, -0.1) is 0 Å². The minimum atomic E-state index is 0.795. The number of nitrogens with zero attached hydrogens (tertiary/aromatic N) is 2. The second kappa shape index (κ2) is 4.62. The first-order chi connectivity index (χ1) is 8.24. The Hall–Kier alpha value is -0.540. The van der Waals surface area contributed by atoms with Crippen molar-refractivity contribution >= 4 is 21.6 Å². The van der Waals surface area contributed by atoms with Crippen molar-refractivity contribution in [1.82, 2.24) is 4.90 Å². The molecule has 17 heavy (non-hydrogen) atoms. The Kier molecular flexibility index (Phi) is 3.14. The molecule has 0 aromatic heterocycles. The number of aryl methyl sites for hydroxylation is 1. The van der Waals surface area contributed by atoms with E-state index in [0.717, 1.165) is 6.04 Å².